The summed E-state index contributed by atoms with van der Waals surface area (Å²) in [6, 6.07) is 4.20. The van der Waals surface area contributed by atoms with Gasteiger partial charge in [-0.2, -0.15) is 0 Å². The van der Waals surface area contributed by atoms with E-state index in [0.717, 1.165) is 12.1 Å². The first-order valence-electron chi connectivity index (χ1n) is 2.70. The van der Waals surface area contributed by atoms with Gasteiger partial charge in [0.1, 0.15) is 11.6 Å². The Bertz CT molecular complexity index is 215. The van der Waals surface area contributed by atoms with Crippen LogP contribution in [0.15, 0.2) is 12.1 Å². The summed E-state index contributed by atoms with van der Waals surface area (Å²) >= 11 is 0. The Morgan fingerprint density at radius 1 is 1.30 bits per heavy atom. The van der Waals surface area contributed by atoms with Gasteiger partial charge in [-0.1, -0.05) is 0 Å². The fraction of sp³-hybridized carbons (Fsp3) is 0.143. The Hall–Kier alpha value is -0.960. The van der Waals surface area contributed by atoms with Crippen molar-refractivity contribution in [2.45, 2.75) is 6.61 Å². The maximum atomic E-state index is 12.4. The third-order valence-corrected chi connectivity index (χ3v) is 1.15. The number of aliphatic hydroxyl groups excluding tert-OH is 1. The van der Waals surface area contributed by atoms with Gasteiger partial charge in [-0.25, -0.2) is 8.78 Å². The summed E-state index contributed by atoms with van der Waals surface area (Å²) in [6.45, 7) is -0.619. The standard InChI is InChI=1S/C7H5F2O/c8-6-2-1-3-7(9)5(6)4-10/h2-3,10H,4H2. The Morgan fingerprint density at radius 2 is 1.80 bits per heavy atom. The molecule has 1 radical (unpaired) electrons. The zero-order valence-electron chi connectivity index (χ0n) is 5.06. The predicted molar refractivity (Wildman–Crippen MR) is 31.1 cm³/mol. The van der Waals surface area contributed by atoms with Crippen LogP contribution in [0, 0.1) is 17.7 Å². The average molecular weight is 143 g/mol. The molecular weight excluding hydrogens is 138 g/mol. The SMILES string of the molecule is OCc1c(F)c[c]cc1F. The molecule has 0 amide bonds. The summed E-state index contributed by atoms with van der Waals surface area (Å²) in [7, 11) is 0. The molecule has 3 heteroatoms. The lowest BCUT2D eigenvalue weighted by atomic mass is 10.2. The highest BCUT2D eigenvalue weighted by Crippen LogP contribution is 2.10. The van der Waals surface area contributed by atoms with Gasteiger partial charge in [0.25, 0.3) is 0 Å². The fourth-order valence-electron chi connectivity index (χ4n) is 0.627. The molecule has 0 saturated heterocycles. The molecule has 10 heavy (non-hydrogen) atoms. The number of hydrogen-bond acceptors (Lipinski definition) is 1. The Labute approximate surface area is 56.9 Å². The average Bonchev–Trinajstić information content (AvgIpc) is 1.88. The molecule has 0 aliphatic carbocycles. The van der Waals surface area contributed by atoms with Crippen LogP contribution in [0.5, 0.6) is 0 Å². The molecule has 0 heterocycles. The largest absolute Gasteiger partial charge is 0.391 e. The van der Waals surface area contributed by atoms with Gasteiger partial charge in [0.05, 0.1) is 6.61 Å². The zero-order chi connectivity index (χ0) is 7.56. The van der Waals surface area contributed by atoms with Crippen molar-refractivity contribution in [2.75, 3.05) is 0 Å². The second kappa shape index (κ2) is 2.75. The Morgan fingerprint density at radius 3 is 2.10 bits per heavy atom. The second-order valence-corrected chi connectivity index (χ2v) is 1.79. The smallest absolute Gasteiger partial charge is 0.132 e. The number of halogens is 2. The summed E-state index contributed by atoms with van der Waals surface area (Å²) in [5, 5.41) is 8.41. The minimum Gasteiger partial charge on any atom is -0.391 e. The summed E-state index contributed by atoms with van der Waals surface area (Å²) < 4.78 is 24.8. The normalized spacial score (nSPS) is 9.90. The molecule has 1 aromatic rings. The topological polar surface area (TPSA) is 20.2 Å². The third kappa shape index (κ3) is 1.14. The van der Waals surface area contributed by atoms with Crippen LogP contribution in [0.1, 0.15) is 5.56 Å². The minimum atomic E-state index is -0.762. The molecule has 0 atom stereocenters. The first-order chi connectivity index (χ1) is 4.75. The molecule has 0 saturated carbocycles. The summed E-state index contributed by atoms with van der Waals surface area (Å²) in [5.41, 5.74) is -0.307. The lowest BCUT2D eigenvalue weighted by molar-refractivity contribution is 0.269. The fourth-order valence-corrected chi connectivity index (χ4v) is 0.627. The number of hydrogen-bond donors (Lipinski definition) is 1. The van der Waals surface area contributed by atoms with Crippen molar-refractivity contribution in [1.29, 1.82) is 0 Å². The molecule has 53 valence electrons. The van der Waals surface area contributed by atoms with Crippen LogP contribution in [0.3, 0.4) is 0 Å². The van der Waals surface area contributed by atoms with Gasteiger partial charge in [-0.05, 0) is 18.2 Å². The molecule has 1 N–H and O–H groups in total. The third-order valence-electron chi connectivity index (χ3n) is 1.15. The van der Waals surface area contributed by atoms with Gasteiger partial charge in [-0.15, -0.1) is 0 Å². The van der Waals surface area contributed by atoms with E-state index in [9.17, 15) is 8.78 Å². The van der Waals surface area contributed by atoms with Gasteiger partial charge in [0.15, 0.2) is 0 Å². The molecular formula is C7H5F2O. The van der Waals surface area contributed by atoms with Crippen LogP contribution < -0.4 is 0 Å². The van der Waals surface area contributed by atoms with E-state index >= 15 is 0 Å². The van der Waals surface area contributed by atoms with Crippen molar-refractivity contribution >= 4 is 0 Å². The van der Waals surface area contributed by atoms with E-state index in [1.54, 1.807) is 0 Å². The van der Waals surface area contributed by atoms with E-state index in [-0.39, 0.29) is 5.56 Å². The number of benzene rings is 1. The first-order valence-corrected chi connectivity index (χ1v) is 2.70. The van der Waals surface area contributed by atoms with Crippen molar-refractivity contribution in [3.8, 4) is 0 Å². The van der Waals surface area contributed by atoms with Crippen molar-refractivity contribution in [3.05, 3.63) is 35.4 Å². The van der Waals surface area contributed by atoms with Crippen LogP contribution in [0.4, 0.5) is 8.78 Å². The number of aliphatic hydroxyl groups is 1. The van der Waals surface area contributed by atoms with Gasteiger partial charge >= 0.3 is 0 Å². The molecule has 0 aromatic heterocycles. The van der Waals surface area contributed by atoms with E-state index in [1.165, 1.54) is 0 Å². The lowest BCUT2D eigenvalue weighted by Gasteiger charge is -1.97. The lowest BCUT2D eigenvalue weighted by Crippen LogP contribution is -1.93. The maximum absolute atomic E-state index is 12.4. The summed E-state index contributed by atoms with van der Waals surface area (Å²) in [4.78, 5) is 0. The summed E-state index contributed by atoms with van der Waals surface area (Å²) in [6.07, 6.45) is 0. The second-order valence-electron chi connectivity index (χ2n) is 1.79. The molecule has 0 unspecified atom stereocenters. The van der Waals surface area contributed by atoms with Gasteiger partial charge < -0.3 is 5.11 Å². The quantitative estimate of drug-likeness (QED) is 0.627. The van der Waals surface area contributed by atoms with E-state index in [4.69, 9.17) is 5.11 Å². The Kier molecular flexibility index (Phi) is 1.97. The highest BCUT2D eigenvalue weighted by Gasteiger charge is 2.05. The maximum Gasteiger partial charge on any atom is 0.132 e. The molecule has 0 aliphatic rings. The summed E-state index contributed by atoms with van der Waals surface area (Å²) in [5.74, 6) is -1.52. The molecule has 1 nitrogen and oxygen atoms in total. The van der Waals surface area contributed by atoms with Crippen LogP contribution in [0.25, 0.3) is 0 Å². The van der Waals surface area contributed by atoms with Crippen LogP contribution in [-0.4, -0.2) is 5.11 Å². The van der Waals surface area contributed by atoms with Crippen molar-refractivity contribution in [2.24, 2.45) is 0 Å². The first kappa shape index (κ1) is 7.15. The van der Waals surface area contributed by atoms with Gasteiger partial charge in [0, 0.05) is 5.56 Å². The van der Waals surface area contributed by atoms with Crippen molar-refractivity contribution in [1.82, 2.24) is 0 Å². The Balaban J connectivity index is 3.17. The monoisotopic (exact) mass is 143 g/mol. The van der Waals surface area contributed by atoms with Crippen LogP contribution in [-0.2, 0) is 6.61 Å². The van der Waals surface area contributed by atoms with E-state index in [2.05, 4.69) is 6.07 Å². The highest BCUT2D eigenvalue weighted by molar-refractivity contribution is 5.17. The van der Waals surface area contributed by atoms with Gasteiger partial charge in [-0.3, -0.25) is 0 Å². The molecule has 0 spiro atoms. The van der Waals surface area contributed by atoms with E-state index in [1.807, 2.05) is 0 Å². The molecule has 0 bridgehead atoms. The van der Waals surface area contributed by atoms with Crippen molar-refractivity contribution in [3.63, 3.8) is 0 Å². The van der Waals surface area contributed by atoms with E-state index in [0.29, 0.717) is 0 Å². The highest BCUT2D eigenvalue weighted by atomic mass is 19.1. The van der Waals surface area contributed by atoms with Gasteiger partial charge in [0.2, 0.25) is 0 Å². The van der Waals surface area contributed by atoms with E-state index < -0.39 is 18.2 Å². The van der Waals surface area contributed by atoms with Crippen LogP contribution >= 0.6 is 0 Å². The molecule has 0 aliphatic heterocycles. The molecule has 0 fully saturated rings. The zero-order valence-corrected chi connectivity index (χ0v) is 5.06. The molecule has 1 aromatic carbocycles. The van der Waals surface area contributed by atoms with Crippen molar-refractivity contribution < 1.29 is 13.9 Å². The van der Waals surface area contributed by atoms with Crippen LogP contribution in [0.2, 0.25) is 0 Å². The number of rotatable bonds is 1. The minimum absolute atomic E-state index is 0.307. The molecule has 1 rings (SSSR count). The predicted octanol–water partition coefficient (Wildman–Crippen LogP) is 1.26.